The van der Waals surface area contributed by atoms with Gasteiger partial charge in [0.15, 0.2) is 0 Å². The van der Waals surface area contributed by atoms with Crippen LogP contribution in [0.25, 0.3) is 0 Å². The zero-order valence-electron chi connectivity index (χ0n) is 28.6. The largest absolute Gasteiger partial charge is 0.508 e. The summed E-state index contributed by atoms with van der Waals surface area (Å²) in [4.78, 5) is 44.2. The molecule has 3 N–H and O–H groups in total. The van der Waals surface area contributed by atoms with Crippen LogP contribution in [0.4, 0.5) is 4.79 Å². The first kappa shape index (κ1) is 35.9. The summed E-state index contributed by atoms with van der Waals surface area (Å²) in [6, 6.07) is 10.4. The molecule has 0 radical (unpaired) electrons. The molecular formula is C37H55N3O5. The van der Waals surface area contributed by atoms with E-state index in [4.69, 9.17) is 4.74 Å². The molecule has 8 heteroatoms. The average molecular weight is 622 g/mol. The lowest BCUT2D eigenvalue weighted by Crippen LogP contribution is -2.57. The maximum absolute atomic E-state index is 14.9. The van der Waals surface area contributed by atoms with Crippen LogP contribution in [0.1, 0.15) is 115 Å². The molecule has 3 rings (SSSR count). The summed E-state index contributed by atoms with van der Waals surface area (Å²) in [5.41, 5.74) is 2.78. The van der Waals surface area contributed by atoms with Gasteiger partial charge in [-0.3, -0.25) is 9.59 Å². The van der Waals surface area contributed by atoms with Gasteiger partial charge in [0.05, 0.1) is 0 Å². The number of ether oxygens (including phenoxy) is 1. The molecule has 1 fully saturated rings. The topological polar surface area (TPSA) is 108 Å². The van der Waals surface area contributed by atoms with Gasteiger partial charge in [-0.25, -0.2) is 4.79 Å². The van der Waals surface area contributed by atoms with E-state index in [2.05, 4.69) is 24.5 Å². The predicted molar refractivity (Wildman–Crippen MR) is 179 cm³/mol. The molecule has 3 amide bonds. The van der Waals surface area contributed by atoms with Crippen molar-refractivity contribution in [2.75, 3.05) is 0 Å². The minimum Gasteiger partial charge on any atom is -0.508 e. The van der Waals surface area contributed by atoms with E-state index in [0.29, 0.717) is 12.3 Å². The van der Waals surface area contributed by atoms with Crippen LogP contribution in [0.2, 0.25) is 0 Å². The van der Waals surface area contributed by atoms with Gasteiger partial charge in [0.2, 0.25) is 11.8 Å². The first-order chi connectivity index (χ1) is 21.1. The number of benzene rings is 2. The second-order valence-corrected chi connectivity index (χ2v) is 14.2. The SMILES string of the molecule is Cc1ccc(C(C(=O)NC2CCCCC2)N(C(=O)C(Cc2ccc(O)cc2)NC(=O)OC(C)(C)C)C(C)CCC(C)C)c(C)c1. The fourth-order valence-electron chi connectivity index (χ4n) is 6.09. The molecule has 0 heterocycles. The summed E-state index contributed by atoms with van der Waals surface area (Å²) in [5, 5.41) is 16.0. The Morgan fingerprint density at radius 1 is 0.956 bits per heavy atom. The number of nitrogens with zero attached hydrogens (tertiary/aromatic N) is 1. The zero-order chi connectivity index (χ0) is 33.3. The number of hydrogen-bond acceptors (Lipinski definition) is 5. The minimum absolute atomic E-state index is 0.0649. The van der Waals surface area contributed by atoms with E-state index in [1.165, 1.54) is 6.42 Å². The Morgan fingerprint density at radius 3 is 2.18 bits per heavy atom. The Bertz CT molecular complexity index is 1280. The van der Waals surface area contributed by atoms with E-state index in [0.717, 1.165) is 54.4 Å². The van der Waals surface area contributed by atoms with Crippen molar-refractivity contribution in [3.8, 4) is 5.75 Å². The standard InChI is InChI=1S/C37H55N3O5/c1-24(2)14-16-27(5)40(33(31-21-15-25(3)22-26(31)4)34(42)38-29-12-10-9-11-13-29)35(43)32(39-36(44)45-37(6,7)8)23-28-17-19-30(41)20-18-28/h15,17-22,24,27,29,32-33,41H,9-14,16,23H2,1-8H3,(H,38,42)(H,39,44). The van der Waals surface area contributed by atoms with Crippen molar-refractivity contribution in [3.63, 3.8) is 0 Å². The molecule has 3 unspecified atom stereocenters. The molecule has 0 aliphatic heterocycles. The van der Waals surface area contributed by atoms with Gasteiger partial charge < -0.3 is 25.4 Å². The molecule has 1 saturated carbocycles. The van der Waals surface area contributed by atoms with Crippen LogP contribution in [0.15, 0.2) is 42.5 Å². The number of aromatic hydroxyl groups is 1. The highest BCUT2D eigenvalue weighted by molar-refractivity contribution is 5.93. The Labute approximate surface area is 270 Å². The summed E-state index contributed by atoms with van der Waals surface area (Å²) >= 11 is 0. The average Bonchev–Trinajstić information content (AvgIpc) is 2.95. The number of aryl methyl sites for hydroxylation is 2. The van der Waals surface area contributed by atoms with Crippen LogP contribution in [0.5, 0.6) is 5.75 Å². The normalized spacial score (nSPS) is 16.0. The van der Waals surface area contributed by atoms with E-state index >= 15 is 0 Å². The number of amides is 3. The molecule has 248 valence electrons. The molecule has 0 spiro atoms. The second kappa shape index (κ2) is 16.1. The molecule has 3 atom stereocenters. The first-order valence-electron chi connectivity index (χ1n) is 16.6. The first-order valence-corrected chi connectivity index (χ1v) is 16.6. The number of phenols is 1. The van der Waals surface area contributed by atoms with Crippen molar-refractivity contribution in [1.82, 2.24) is 15.5 Å². The number of alkyl carbamates (subject to hydrolysis) is 1. The summed E-state index contributed by atoms with van der Waals surface area (Å²) in [6.45, 7) is 15.6. The lowest BCUT2D eigenvalue weighted by Gasteiger charge is -2.40. The highest BCUT2D eigenvalue weighted by atomic mass is 16.6. The molecule has 2 aromatic rings. The fourth-order valence-corrected chi connectivity index (χ4v) is 6.09. The van der Waals surface area contributed by atoms with Crippen LogP contribution < -0.4 is 10.6 Å². The molecule has 45 heavy (non-hydrogen) atoms. The summed E-state index contributed by atoms with van der Waals surface area (Å²) in [7, 11) is 0. The smallest absolute Gasteiger partial charge is 0.408 e. The van der Waals surface area contributed by atoms with Crippen LogP contribution in [-0.4, -0.2) is 51.6 Å². The van der Waals surface area contributed by atoms with E-state index in [9.17, 15) is 19.5 Å². The van der Waals surface area contributed by atoms with Crippen molar-refractivity contribution < 1.29 is 24.2 Å². The van der Waals surface area contributed by atoms with Gasteiger partial charge in [0.1, 0.15) is 23.4 Å². The maximum atomic E-state index is 14.9. The van der Waals surface area contributed by atoms with Gasteiger partial charge in [0.25, 0.3) is 0 Å². The van der Waals surface area contributed by atoms with Crippen LogP contribution >= 0.6 is 0 Å². The molecule has 2 aromatic carbocycles. The number of carbonyl (C=O) groups excluding carboxylic acids is 3. The molecule has 1 aliphatic rings. The Morgan fingerprint density at radius 2 is 1.60 bits per heavy atom. The van der Waals surface area contributed by atoms with Crippen molar-refractivity contribution in [1.29, 1.82) is 0 Å². The number of nitrogens with one attached hydrogen (secondary N) is 2. The van der Waals surface area contributed by atoms with E-state index in [1.54, 1.807) is 49.9 Å². The van der Waals surface area contributed by atoms with Gasteiger partial charge in [-0.1, -0.05) is 69.0 Å². The van der Waals surface area contributed by atoms with Crippen LogP contribution in [0.3, 0.4) is 0 Å². The quantitative estimate of drug-likeness (QED) is 0.231. The van der Waals surface area contributed by atoms with E-state index in [-0.39, 0.29) is 36.1 Å². The highest BCUT2D eigenvalue weighted by Gasteiger charge is 2.40. The number of hydrogen-bond donors (Lipinski definition) is 3. The fraction of sp³-hybridized carbons (Fsp3) is 0.595. The van der Waals surface area contributed by atoms with Crippen molar-refractivity contribution in [3.05, 3.63) is 64.7 Å². The van der Waals surface area contributed by atoms with Gasteiger partial charge in [-0.2, -0.15) is 0 Å². The molecular weight excluding hydrogens is 566 g/mol. The molecule has 8 nitrogen and oxygen atoms in total. The van der Waals surface area contributed by atoms with Gasteiger partial charge in [-0.05, 0) is 102 Å². The summed E-state index contributed by atoms with van der Waals surface area (Å²) < 4.78 is 5.58. The molecule has 0 aromatic heterocycles. The third-order valence-corrected chi connectivity index (χ3v) is 8.45. The molecule has 0 bridgehead atoms. The van der Waals surface area contributed by atoms with Crippen LogP contribution in [-0.2, 0) is 20.7 Å². The summed E-state index contributed by atoms with van der Waals surface area (Å²) in [6.07, 6.45) is 6.18. The van der Waals surface area contributed by atoms with Crippen molar-refractivity contribution in [2.24, 2.45) is 5.92 Å². The number of rotatable bonds is 12. The minimum atomic E-state index is -1.01. The number of carbonyl (C=O) groups is 3. The maximum Gasteiger partial charge on any atom is 0.408 e. The monoisotopic (exact) mass is 621 g/mol. The second-order valence-electron chi connectivity index (χ2n) is 14.2. The van der Waals surface area contributed by atoms with E-state index < -0.39 is 23.8 Å². The lowest BCUT2D eigenvalue weighted by atomic mass is 9.91. The van der Waals surface area contributed by atoms with Crippen molar-refractivity contribution >= 4 is 17.9 Å². The zero-order valence-corrected chi connectivity index (χ0v) is 28.6. The third kappa shape index (κ3) is 11.1. The summed E-state index contributed by atoms with van der Waals surface area (Å²) in [5.74, 6) is -0.0270. The lowest BCUT2D eigenvalue weighted by molar-refractivity contribution is -0.145. The van der Waals surface area contributed by atoms with E-state index in [1.807, 2.05) is 39.0 Å². The predicted octanol–water partition coefficient (Wildman–Crippen LogP) is 7.29. The van der Waals surface area contributed by atoms with Crippen LogP contribution in [0, 0.1) is 19.8 Å². The highest BCUT2D eigenvalue weighted by Crippen LogP contribution is 2.31. The third-order valence-electron chi connectivity index (χ3n) is 8.45. The Kier molecular flexibility index (Phi) is 12.9. The molecule has 1 aliphatic carbocycles. The Hall–Kier alpha value is -3.55. The number of phenolic OH excluding ortho intramolecular Hbond substituents is 1. The van der Waals surface area contributed by atoms with Gasteiger partial charge >= 0.3 is 6.09 Å². The van der Waals surface area contributed by atoms with Gasteiger partial charge in [-0.15, -0.1) is 0 Å². The molecule has 0 saturated heterocycles. The van der Waals surface area contributed by atoms with Crippen molar-refractivity contribution in [2.45, 2.75) is 137 Å². The Balaban J connectivity index is 2.12. The van der Waals surface area contributed by atoms with Gasteiger partial charge in [0, 0.05) is 18.5 Å².